The summed E-state index contributed by atoms with van der Waals surface area (Å²) in [4.78, 5) is 11.1. The van der Waals surface area contributed by atoms with Crippen LogP contribution in [0.25, 0.3) is 6.08 Å². The van der Waals surface area contributed by atoms with Crippen LogP contribution in [0, 0.1) is 17.2 Å². The maximum Gasteiger partial charge on any atom is 0.471 e. The molecule has 2 N–H and O–H groups in total. The number of phenols is 1. The van der Waals surface area contributed by atoms with E-state index in [0.29, 0.717) is 0 Å². The maximum atomic E-state index is 12.4. The molecule has 2 atom stereocenters. The molecule has 1 aromatic carbocycles. The highest BCUT2D eigenvalue weighted by Gasteiger charge is 2.40. The molecule has 1 amide bonds. The van der Waals surface area contributed by atoms with Gasteiger partial charge in [-0.15, -0.1) is 0 Å². The Labute approximate surface area is 150 Å². The van der Waals surface area contributed by atoms with E-state index in [1.807, 2.05) is 37.4 Å². The predicted molar refractivity (Wildman–Crippen MR) is 91.3 cm³/mol. The first-order chi connectivity index (χ1) is 12.1. The van der Waals surface area contributed by atoms with Crippen molar-refractivity contribution in [2.75, 3.05) is 6.54 Å². The van der Waals surface area contributed by atoms with Gasteiger partial charge in [-0.1, -0.05) is 26.0 Å². The van der Waals surface area contributed by atoms with Gasteiger partial charge in [0, 0.05) is 6.54 Å². The molecule has 2 rings (SSSR count). The van der Waals surface area contributed by atoms with Crippen LogP contribution in [-0.4, -0.2) is 23.7 Å². The lowest BCUT2D eigenvalue weighted by atomic mass is 9.66. The Morgan fingerprint density at radius 1 is 1.46 bits per heavy atom. The lowest BCUT2D eigenvalue weighted by Gasteiger charge is -2.39. The van der Waals surface area contributed by atoms with Crippen LogP contribution in [0.4, 0.5) is 13.2 Å². The number of phenolic OH excluding ortho intramolecular Hbond substituents is 1. The van der Waals surface area contributed by atoms with Gasteiger partial charge >= 0.3 is 12.1 Å². The molecule has 1 aliphatic carbocycles. The molecule has 0 saturated carbocycles. The van der Waals surface area contributed by atoms with E-state index in [-0.39, 0.29) is 30.2 Å². The lowest BCUT2D eigenvalue weighted by Crippen LogP contribution is -2.41. The van der Waals surface area contributed by atoms with Crippen LogP contribution in [-0.2, 0) is 10.2 Å². The third-order valence-electron chi connectivity index (χ3n) is 5.24. The normalized spacial score (nSPS) is 22.7. The fourth-order valence-electron chi connectivity index (χ4n) is 3.38. The summed E-state index contributed by atoms with van der Waals surface area (Å²) in [6.07, 6.45) is 0.844. The summed E-state index contributed by atoms with van der Waals surface area (Å²) in [5, 5.41) is 21.1. The number of nitrogens with one attached hydrogen (secondary N) is 1. The van der Waals surface area contributed by atoms with Gasteiger partial charge in [0.2, 0.25) is 0 Å². The van der Waals surface area contributed by atoms with Gasteiger partial charge < -0.3 is 10.4 Å². The number of amides is 1. The van der Waals surface area contributed by atoms with Crippen LogP contribution in [0.3, 0.4) is 0 Å². The largest absolute Gasteiger partial charge is 0.507 e. The summed E-state index contributed by atoms with van der Waals surface area (Å²) >= 11 is 0. The molecule has 4 nitrogen and oxygen atoms in total. The highest BCUT2D eigenvalue weighted by Crippen LogP contribution is 2.43. The monoisotopic (exact) mass is 366 g/mol. The number of nitrogens with zero attached hydrogens (tertiary/aromatic N) is 1. The number of alkyl halides is 3. The molecule has 0 saturated heterocycles. The average Bonchev–Trinajstić information content (AvgIpc) is 2.57. The Morgan fingerprint density at radius 3 is 2.77 bits per heavy atom. The van der Waals surface area contributed by atoms with Gasteiger partial charge in [-0.05, 0) is 53.9 Å². The van der Waals surface area contributed by atoms with Gasteiger partial charge in [-0.25, -0.2) is 0 Å². The molecule has 0 radical (unpaired) electrons. The van der Waals surface area contributed by atoms with Crippen molar-refractivity contribution < 1.29 is 23.1 Å². The molecule has 1 unspecified atom stereocenters. The molecule has 26 heavy (non-hydrogen) atoms. The molecule has 0 aliphatic heterocycles. The second-order valence-corrected chi connectivity index (χ2v) is 6.87. The third kappa shape index (κ3) is 4.01. The van der Waals surface area contributed by atoms with E-state index < -0.39 is 17.5 Å². The van der Waals surface area contributed by atoms with Crippen molar-refractivity contribution in [2.24, 2.45) is 5.92 Å². The van der Waals surface area contributed by atoms with Crippen molar-refractivity contribution in [3.05, 3.63) is 34.9 Å². The number of benzene rings is 1. The number of allylic oxidation sites excluding steroid dienone is 1. The Hall–Kier alpha value is -2.49. The minimum atomic E-state index is -4.91. The summed E-state index contributed by atoms with van der Waals surface area (Å²) in [6, 6.07) is 5.04. The van der Waals surface area contributed by atoms with Crippen molar-refractivity contribution >= 4 is 12.0 Å². The summed E-state index contributed by atoms with van der Waals surface area (Å²) in [6.45, 7) is 3.79. The van der Waals surface area contributed by atoms with Crippen LogP contribution in [0.5, 0.6) is 5.75 Å². The van der Waals surface area contributed by atoms with E-state index in [1.54, 1.807) is 6.07 Å². The van der Waals surface area contributed by atoms with Crippen LogP contribution in [0.15, 0.2) is 18.2 Å². The maximum absolute atomic E-state index is 12.4. The number of hydrogen-bond acceptors (Lipinski definition) is 3. The smallest absolute Gasteiger partial charge is 0.471 e. The van der Waals surface area contributed by atoms with Crippen molar-refractivity contribution in [3.8, 4) is 11.8 Å². The van der Waals surface area contributed by atoms with E-state index in [9.17, 15) is 23.1 Å². The first kappa shape index (κ1) is 19.8. The molecule has 1 aromatic rings. The number of rotatable bonds is 3. The minimum absolute atomic E-state index is 0.0984. The topological polar surface area (TPSA) is 73.1 Å². The molecule has 0 heterocycles. The number of carbonyl (C=O) groups excluding carboxylic acids is 1. The second-order valence-electron chi connectivity index (χ2n) is 6.87. The molecular weight excluding hydrogens is 345 g/mol. The van der Waals surface area contributed by atoms with E-state index in [4.69, 9.17) is 5.26 Å². The van der Waals surface area contributed by atoms with Gasteiger partial charge in [0.15, 0.2) is 0 Å². The van der Waals surface area contributed by atoms with Crippen molar-refractivity contribution in [2.45, 2.75) is 44.7 Å². The molecule has 0 bridgehead atoms. The van der Waals surface area contributed by atoms with Crippen LogP contribution >= 0.6 is 0 Å². The number of nitriles is 1. The zero-order valence-electron chi connectivity index (χ0n) is 14.7. The first-order valence-electron chi connectivity index (χ1n) is 8.38. The number of fused-ring (bicyclic) bond motifs is 1. The number of carbonyl (C=O) groups is 1. The van der Waals surface area contributed by atoms with Crippen LogP contribution in [0.2, 0.25) is 0 Å². The van der Waals surface area contributed by atoms with E-state index in [1.165, 1.54) is 6.07 Å². The first-order valence-corrected chi connectivity index (χ1v) is 8.38. The molecule has 0 fully saturated rings. The van der Waals surface area contributed by atoms with E-state index in [0.717, 1.165) is 24.0 Å². The average molecular weight is 366 g/mol. The third-order valence-corrected chi connectivity index (χ3v) is 5.24. The van der Waals surface area contributed by atoms with Gasteiger partial charge in [-0.2, -0.15) is 18.4 Å². The second kappa shape index (κ2) is 7.40. The molecule has 0 aromatic heterocycles. The summed E-state index contributed by atoms with van der Waals surface area (Å²) in [5.74, 6) is -2.01. The molecule has 0 spiro atoms. The van der Waals surface area contributed by atoms with Gasteiger partial charge in [0.1, 0.15) is 11.8 Å². The highest BCUT2D eigenvalue weighted by molar-refractivity contribution is 5.81. The molecule has 7 heteroatoms. The number of aromatic hydroxyl groups is 1. The summed E-state index contributed by atoms with van der Waals surface area (Å²) in [7, 11) is 0. The Bertz CT molecular complexity index is 765. The zero-order valence-corrected chi connectivity index (χ0v) is 14.7. The molecule has 140 valence electrons. The molecular formula is C19H21F3N2O2. The number of halogens is 3. The van der Waals surface area contributed by atoms with E-state index >= 15 is 0 Å². The van der Waals surface area contributed by atoms with Crippen LogP contribution in [0.1, 0.15) is 49.8 Å². The Morgan fingerprint density at radius 2 is 2.15 bits per heavy atom. The highest BCUT2D eigenvalue weighted by atomic mass is 19.4. The predicted octanol–water partition coefficient (Wildman–Crippen LogP) is 4.03. The van der Waals surface area contributed by atoms with Crippen molar-refractivity contribution in [3.63, 3.8) is 0 Å². The lowest BCUT2D eigenvalue weighted by molar-refractivity contribution is -0.173. The zero-order chi connectivity index (χ0) is 19.5. The Kier molecular flexibility index (Phi) is 5.65. The van der Waals surface area contributed by atoms with E-state index in [2.05, 4.69) is 0 Å². The van der Waals surface area contributed by atoms with Crippen molar-refractivity contribution in [1.29, 1.82) is 5.26 Å². The van der Waals surface area contributed by atoms with Crippen molar-refractivity contribution in [1.82, 2.24) is 5.32 Å². The summed E-state index contributed by atoms with van der Waals surface area (Å²) < 4.78 is 37.2. The fourth-order valence-corrected chi connectivity index (χ4v) is 3.38. The quantitative estimate of drug-likeness (QED) is 0.848. The minimum Gasteiger partial charge on any atom is -0.507 e. The number of hydrogen-bond donors (Lipinski definition) is 2. The summed E-state index contributed by atoms with van der Waals surface area (Å²) in [5.41, 5.74) is 1.10. The fraction of sp³-hybridized carbons (Fsp3) is 0.474. The Balaban J connectivity index is 2.37. The van der Waals surface area contributed by atoms with Crippen LogP contribution < -0.4 is 5.32 Å². The van der Waals surface area contributed by atoms with Gasteiger partial charge in [-0.3, -0.25) is 4.79 Å². The molecule has 1 aliphatic rings. The van der Waals surface area contributed by atoms with Gasteiger partial charge in [0.05, 0.1) is 5.56 Å². The standard InChI is InChI=1S/C19H21F3N2O2/c1-12-5-3-4-6-13-9-14(11-23)16(25)10-15(13)18(12,2)7-8-24-17(26)19(20,21)22/h4,6,9-10,12,25H,3,5,7-8H2,1-2H3,(H,24,26)/t12-,18?/m0/s1. The SMILES string of the molecule is C[C@H]1CCC=Cc2cc(C#N)c(O)cc2C1(C)CCNC(=O)C(F)(F)F. The van der Waals surface area contributed by atoms with Gasteiger partial charge in [0.25, 0.3) is 0 Å².